The van der Waals surface area contributed by atoms with Gasteiger partial charge in [-0.2, -0.15) is 0 Å². The molecule has 10 heavy (non-hydrogen) atoms. The van der Waals surface area contributed by atoms with Crippen LogP contribution in [0.4, 0.5) is 0 Å². The van der Waals surface area contributed by atoms with Gasteiger partial charge >= 0.3 is 0 Å². The van der Waals surface area contributed by atoms with Crippen molar-refractivity contribution in [3.8, 4) is 0 Å². The molecule has 0 radical (unpaired) electrons. The summed E-state index contributed by atoms with van der Waals surface area (Å²) in [6.45, 7) is 3.22. The second kappa shape index (κ2) is 6.99. The topological polar surface area (TPSA) is 38.7 Å². The van der Waals surface area contributed by atoms with Gasteiger partial charge < -0.3 is 14.6 Å². The summed E-state index contributed by atoms with van der Waals surface area (Å²) in [5.74, 6) is 0. The Balaban J connectivity index is 3.21. The maximum atomic E-state index is 8.68. The molecule has 0 heterocycles. The third kappa shape index (κ3) is 4.73. The molecular formula is C7H16O3. The van der Waals surface area contributed by atoms with Crippen LogP contribution in [0.15, 0.2) is 0 Å². The van der Waals surface area contributed by atoms with Crippen molar-refractivity contribution in [1.29, 1.82) is 0 Å². The summed E-state index contributed by atoms with van der Waals surface area (Å²) >= 11 is 0. The van der Waals surface area contributed by atoms with Gasteiger partial charge in [0.1, 0.15) is 6.10 Å². The lowest BCUT2D eigenvalue weighted by Crippen LogP contribution is -2.23. The quantitative estimate of drug-likeness (QED) is 0.593. The molecule has 0 bridgehead atoms. The average Bonchev–Trinajstić information content (AvgIpc) is 1.98. The van der Waals surface area contributed by atoms with Crippen LogP contribution in [0.2, 0.25) is 0 Å². The van der Waals surface area contributed by atoms with Gasteiger partial charge in [-0.05, 0) is 6.42 Å². The predicted octanol–water partition coefficient (Wildman–Crippen LogP) is 0.420. The number of ether oxygens (including phenoxy) is 2. The van der Waals surface area contributed by atoms with Crippen molar-refractivity contribution in [1.82, 2.24) is 0 Å². The second-order valence-electron chi connectivity index (χ2n) is 2.13. The van der Waals surface area contributed by atoms with Crippen molar-refractivity contribution in [2.75, 3.05) is 26.9 Å². The molecule has 62 valence electrons. The molecule has 0 aromatic carbocycles. The lowest BCUT2D eigenvalue weighted by Gasteiger charge is -2.12. The minimum atomic E-state index is -0.148. The zero-order chi connectivity index (χ0) is 7.82. The zero-order valence-corrected chi connectivity index (χ0v) is 6.67. The SMILES string of the molecule is CCCOC(CO)COC. The van der Waals surface area contributed by atoms with Crippen LogP contribution in [0, 0.1) is 0 Å². The summed E-state index contributed by atoms with van der Waals surface area (Å²) in [6.07, 6.45) is 0.824. The van der Waals surface area contributed by atoms with E-state index in [1.807, 2.05) is 6.92 Å². The molecule has 1 unspecified atom stereocenters. The Morgan fingerprint density at radius 1 is 1.50 bits per heavy atom. The van der Waals surface area contributed by atoms with E-state index < -0.39 is 0 Å². The Morgan fingerprint density at radius 3 is 2.60 bits per heavy atom. The summed E-state index contributed by atoms with van der Waals surface area (Å²) < 4.78 is 10.0. The normalized spacial score (nSPS) is 13.5. The molecule has 0 amide bonds. The lowest BCUT2D eigenvalue weighted by atomic mass is 10.4. The van der Waals surface area contributed by atoms with E-state index in [4.69, 9.17) is 14.6 Å². The van der Waals surface area contributed by atoms with E-state index in [1.54, 1.807) is 7.11 Å². The van der Waals surface area contributed by atoms with Crippen LogP contribution in [0.1, 0.15) is 13.3 Å². The fourth-order valence-electron chi connectivity index (χ4n) is 0.624. The number of hydrogen-bond acceptors (Lipinski definition) is 3. The lowest BCUT2D eigenvalue weighted by molar-refractivity contribution is -0.0306. The van der Waals surface area contributed by atoms with Crippen LogP contribution in [-0.4, -0.2) is 38.1 Å². The van der Waals surface area contributed by atoms with Crippen LogP contribution in [0.3, 0.4) is 0 Å². The van der Waals surface area contributed by atoms with E-state index in [9.17, 15) is 0 Å². The monoisotopic (exact) mass is 148 g/mol. The Hall–Kier alpha value is -0.120. The van der Waals surface area contributed by atoms with Crippen LogP contribution in [0.25, 0.3) is 0 Å². The van der Waals surface area contributed by atoms with Crippen molar-refractivity contribution in [2.24, 2.45) is 0 Å². The highest BCUT2D eigenvalue weighted by atomic mass is 16.5. The molecule has 0 aromatic rings. The molecule has 0 aliphatic rings. The van der Waals surface area contributed by atoms with Gasteiger partial charge in [0, 0.05) is 13.7 Å². The van der Waals surface area contributed by atoms with Crippen LogP contribution in [0.5, 0.6) is 0 Å². The summed E-state index contributed by atoms with van der Waals surface area (Å²) in [5, 5.41) is 8.68. The smallest absolute Gasteiger partial charge is 0.104 e. The van der Waals surface area contributed by atoms with Gasteiger partial charge in [0.15, 0.2) is 0 Å². The number of aliphatic hydroxyl groups excluding tert-OH is 1. The first-order valence-corrected chi connectivity index (χ1v) is 3.56. The first kappa shape index (κ1) is 9.88. The fourth-order valence-corrected chi connectivity index (χ4v) is 0.624. The number of rotatable bonds is 6. The fraction of sp³-hybridized carbons (Fsp3) is 1.00. The number of methoxy groups -OCH3 is 1. The van der Waals surface area contributed by atoms with E-state index in [-0.39, 0.29) is 12.7 Å². The van der Waals surface area contributed by atoms with E-state index in [1.165, 1.54) is 0 Å². The van der Waals surface area contributed by atoms with Crippen LogP contribution < -0.4 is 0 Å². The molecule has 3 nitrogen and oxygen atoms in total. The van der Waals surface area contributed by atoms with Gasteiger partial charge in [-0.15, -0.1) is 0 Å². The zero-order valence-electron chi connectivity index (χ0n) is 6.67. The molecule has 0 aliphatic carbocycles. The van der Waals surface area contributed by atoms with Crippen LogP contribution >= 0.6 is 0 Å². The highest BCUT2D eigenvalue weighted by molar-refractivity contribution is 4.52. The van der Waals surface area contributed by atoms with E-state index in [0.29, 0.717) is 13.2 Å². The first-order valence-electron chi connectivity index (χ1n) is 3.56. The van der Waals surface area contributed by atoms with Crippen molar-refractivity contribution in [2.45, 2.75) is 19.4 Å². The van der Waals surface area contributed by atoms with Gasteiger partial charge in [-0.25, -0.2) is 0 Å². The Labute approximate surface area is 62.0 Å². The summed E-state index contributed by atoms with van der Waals surface area (Å²) in [5.41, 5.74) is 0. The average molecular weight is 148 g/mol. The summed E-state index contributed by atoms with van der Waals surface area (Å²) in [6, 6.07) is 0. The summed E-state index contributed by atoms with van der Waals surface area (Å²) in [7, 11) is 1.60. The minimum absolute atomic E-state index is 0.0356. The summed E-state index contributed by atoms with van der Waals surface area (Å²) in [4.78, 5) is 0. The highest BCUT2D eigenvalue weighted by Crippen LogP contribution is 1.92. The Morgan fingerprint density at radius 2 is 2.20 bits per heavy atom. The maximum Gasteiger partial charge on any atom is 0.104 e. The van der Waals surface area contributed by atoms with Gasteiger partial charge in [-0.3, -0.25) is 0 Å². The van der Waals surface area contributed by atoms with E-state index in [2.05, 4.69) is 0 Å². The standard InChI is InChI=1S/C7H16O3/c1-3-4-10-7(5-8)6-9-2/h7-8H,3-6H2,1-2H3. The minimum Gasteiger partial charge on any atom is -0.394 e. The van der Waals surface area contributed by atoms with E-state index >= 15 is 0 Å². The van der Waals surface area contributed by atoms with E-state index in [0.717, 1.165) is 6.42 Å². The third-order valence-electron chi connectivity index (χ3n) is 1.11. The molecule has 0 fully saturated rings. The van der Waals surface area contributed by atoms with Gasteiger partial charge in [-0.1, -0.05) is 6.92 Å². The van der Waals surface area contributed by atoms with Crippen molar-refractivity contribution in [3.63, 3.8) is 0 Å². The molecule has 0 saturated carbocycles. The number of aliphatic hydroxyl groups is 1. The van der Waals surface area contributed by atoms with Crippen LogP contribution in [-0.2, 0) is 9.47 Å². The van der Waals surface area contributed by atoms with Gasteiger partial charge in [0.05, 0.1) is 13.2 Å². The Kier molecular flexibility index (Phi) is 6.91. The third-order valence-corrected chi connectivity index (χ3v) is 1.11. The molecular weight excluding hydrogens is 132 g/mol. The van der Waals surface area contributed by atoms with Crippen molar-refractivity contribution in [3.05, 3.63) is 0 Å². The number of hydrogen-bond donors (Lipinski definition) is 1. The van der Waals surface area contributed by atoms with Gasteiger partial charge in [0.2, 0.25) is 0 Å². The largest absolute Gasteiger partial charge is 0.394 e. The Bertz CT molecular complexity index is 65.9. The molecule has 0 spiro atoms. The molecule has 0 aromatic heterocycles. The first-order chi connectivity index (χ1) is 4.85. The van der Waals surface area contributed by atoms with Crippen molar-refractivity contribution >= 4 is 0 Å². The second-order valence-corrected chi connectivity index (χ2v) is 2.13. The molecule has 0 rings (SSSR count). The maximum absolute atomic E-state index is 8.68. The molecule has 1 N–H and O–H groups in total. The molecule has 3 heteroatoms. The van der Waals surface area contributed by atoms with Gasteiger partial charge in [0.25, 0.3) is 0 Å². The highest BCUT2D eigenvalue weighted by Gasteiger charge is 2.04. The molecule has 0 aliphatic heterocycles. The predicted molar refractivity (Wildman–Crippen MR) is 39.0 cm³/mol. The molecule has 1 atom stereocenters. The molecule has 0 saturated heterocycles. The van der Waals surface area contributed by atoms with Crippen molar-refractivity contribution < 1.29 is 14.6 Å².